The van der Waals surface area contributed by atoms with Gasteiger partial charge in [-0.3, -0.25) is 9.59 Å². The summed E-state index contributed by atoms with van der Waals surface area (Å²) in [6.07, 6.45) is -0.282. The van der Waals surface area contributed by atoms with Crippen LogP contribution >= 0.6 is 0 Å². The molecule has 0 saturated carbocycles. The third kappa shape index (κ3) is 3.92. The lowest BCUT2D eigenvalue weighted by Gasteiger charge is -2.32. The third-order valence-corrected chi connectivity index (χ3v) is 3.86. The first kappa shape index (κ1) is 15.6. The van der Waals surface area contributed by atoms with Crippen molar-refractivity contribution in [1.82, 2.24) is 4.90 Å². The predicted molar refractivity (Wildman–Crippen MR) is 79.7 cm³/mol. The summed E-state index contributed by atoms with van der Waals surface area (Å²) < 4.78 is 16.4. The monoisotopic (exact) mass is 321 g/mol. The van der Waals surface area contributed by atoms with Crippen LogP contribution < -0.4 is 9.47 Å². The summed E-state index contributed by atoms with van der Waals surface area (Å²) in [4.78, 5) is 24.8. The number of benzene rings is 1. The van der Waals surface area contributed by atoms with Gasteiger partial charge in [0.05, 0.1) is 25.6 Å². The number of ether oxygens (including phenoxy) is 3. The largest absolute Gasteiger partial charge is 0.486 e. The van der Waals surface area contributed by atoms with E-state index in [9.17, 15) is 9.59 Å². The molecule has 2 aliphatic rings. The molecular weight excluding hydrogens is 302 g/mol. The molecule has 7 heteroatoms. The summed E-state index contributed by atoms with van der Waals surface area (Å²) in [5.74, 6) is 0.393. The van der Waals surface area contributed by atoms with Crippen molar-refractivity contribution in [2.75, 3.05) is 32.9 Å². The minimum Gasteiger partial charge on any atom is -0.486 e. The van der Waals surface area contributed by atoms with Crippen LogP contribution in [0.25, 0.3) is 0 Å². The summed E-state index contributed by atoms with van der Waals surface area (Å²) >= 11 is 0. The van der Waals surface area contributed by atoms with Crippen molar-refractivity contribution < 1.29 is 28.9 Å². The summed E-state index contributed by atoms with van der Waals surface area (Å²) in [5, 5.41) is 8.83. The highest BCUT2D eigenvalue weighted by atomic mass is 16.6. The van der Waals surface area contributed by atoms with Crippen LogP contribution in [0.15, 0.2) is 18.2 Å². The molecular formula is C16H19NO6. The highest BCUT2D eigenvalue weighted by molar-refractivity contribution is 5.79. The Morgan fingerprint density at radius 1 is 1.17 bits per heavy atom. The van der Waals surface area contributed by atoms with E-state index in [0.29, 0.717) is 44.4 Å². The van der Waals surface area contributed by atoms with Gasteiger partial charge in [0.25, 0.3) is 0 Å². The molecule has 1 amide bonds. The quantitative estimate of drug-likeness (QED) is 0.879. The highest BCUT2D eigenvalue weighted by Crippen LogP contribution is 2.31. The molecule has 1 atom stereocenters. The number of carbonyl (C=O) groups excluding carboxylic acids is 1. The molecule has 1 aromatic rings. The number of hydrogen-bond acceptors (Lipinski definition) is 5. The molecule has 0 radical (unpaired) electrons. The number of amides is 1. The number of aliphatic carboxylic acids is 1. The van der Waals surface area contributed by atoms with E-state index in [1.54, 1.807) is 4.90 Å². The lowest BCUT2D eigenvalue weighted by molar-refractivity contribution is -0.147. The fourth-order valence-corrected chi connectivity index (χ4v) is 2.75. The summed E-state index contributed by atoms with van der Waals surface area (Å²) in [6.45, 7) is 2.20. The van der Waals surface area contributed by atoms with E-state index >= 15 is 0 Å². The van der Waals surface area contributed by atoms with Gasteiger partial charge in [0.2, 0.25) is 5.91 Å². The van der Waals surface area contributed by atoms with Crippen LogP contribution in [0.4, 0.5) is 0 Å². The number of nitrogens with zero attached hydrogens (tertiary/aromatic N) is 1. The standard InChI is InChI=1S/C16H19NO6/c18-15(17-3-4-21-12(10-17)9-16(19)20)8-11-1-2-13-14(7-11)23-6-5-22-13/h1-2,7,12H,3-6,8-10H2,(H,19,20). The molecule has 0 spiro atoms. The second-order valence-electron chi connectivity index (χ2n) is 5.59. The first-order valence-electron chi connectivity index (χ1n) is 7.61. The van der Waals surface area contributed by atoms with Crippen molar-refractivity contribution >= 4 is 11.9 Å². The maximum atomic E-state index is 12.4. The van der Waals surface area contributed by atoms with Crippen LogP contribution in [0.2, 0.25) is 0 Å². The van der Waals surface area contributed by atoms with Crippen LogP contribution in [0.1, 0.15) is 12.0 Å². The molecule has 2 heterocycles. The number of carboxylic acid groups (broad SMARTS) is 1. The van der Waals surface area contributed by atoms with Crippen LogP contribution in [-0.4, -0.2) is 60.9 Å². The van der Waals surface area contributed by atoms with E-state index < -0.39 is 12.1 Å². The first-order valence-corrected chi connectivity index (χ1v) is 7.61. The number of morpholine rings is 1. The molecule has 23 heavy (non-hydrogen) atoms. The van der Waals surface area contributed by atoms with E-state index in [1.807, 2.05) is 18.2 Å². The summed E-state index contributed by atoms with van der Waals surface area (Å²) in [7, 11) is 0. The lowest BCUT2D eigenvalue weighted by Crippen LogP contribution is -2.46. The number of hydrogen-bond donors (Lipinski definition) is 1. The minimum absolute atomic E-state index is 0.0413. The van der Waals surface area contributed by atoms with Gasteiger partial charge in [-0.05, 0) is 17.7 Å². The van der Waals surface area contributed by atoms with Gasteiger partial charge >= 0.3 is 5.97 Å². The Labute approximate surface area is 133 Å². The molecule has 7 nitrogen and oxygen atoms in total. The minimum atomic E-state index is -0.920. The Hall–Kier alpha value is -2.28. The van der Waals surface area contributed by atoms with E-state index in [2.05, 4.69) is 0 Å². The van der Waals surface area contributed by atoms with Crippen LogP contribution in [-0.2, 0) is 20.7 Å². The molecule has 0 aliphatic carbocycles. The second-order valence-corrected chi connectivity index (χ2v) is 5.59. The average molecular weight is 321 g/mol. The fourth-order valence-electron chi connectivity index (χ4n) is 2.75. The molecule has 0 aromatic heterocycles. The summed E-state index contributed by atoms with van der Waals surface area (Å²) in [6, 6.07) is 5.48. The Morgan fingerprint density at radius 2 is 1.96 bits per heavy atom. The van der Waals surface area contributed by atoms with E-state index in [4.69, 9.17) is 19.3 Å². The van der Waals surface area contributed by atoms with Gasteiger partial charge in [-0.1, -0.05) is 6.07 Å². The Bertz CT molecular complexity index is 602. The Balaban J connectivity index is 1.61. The van der Waals surface area contributed by atoms with Crippen LogP contribution in [0, 0.1) is 0 Å². The Kier molecular flexibility index (Phi) is 4.66. The molecule has 0 bridgehead atoms. The lowest BCUT2D eigenvalue weighted by atomic mass is 10.1. The van der Waals surface area contributed by atoms with Crippen molar-refractivity contribution in [3.05, 3.63) is 23.8 Å². The molecule has 1 aromatic carbocycles. The van der Waals surface area contributed by atoms with E-state index in [0.717, 1.165) is 5.56 Å². The molecule has 1 N–H and O–H groups in total. The van der Waals surface area contributed by atoms with Crippen molar-refractivity contribution in [3.8, 4) is 11.5 Å². The third-order valence-electron chi connectivity index (χ3n) is 3.86. The van der Waals surface area contributed by atoms with E-state index in [-0.39, 0.29) is 18.7 Å². The maximum absolute atomic E-state index is 12.4. The van der Waals surface area contributed by atoms with Gasteiger partial charge in [-0.15, -0.1) is 0 Å². The average Bonchev–Trinajstić information content (AvgIpc) is 2.54. The van der Waals surface area contributed by atoms with Crippen LogP contribution in [0.3, 0.4) is 0 Å². The van der Waals surface area contributed by atoms with E-state index in [1.165, 1.54) is 0 Å². The number of fused-ring (bicyclic) bond motifs is 1. The zero-order chi connectivity index (χ0) is 16.2. The molecule has 1 saturated heterocycles. The second kappa shape index (κ2) is 6.87. The molecule has 1 fully saturated rings. The number of carboxylic acids is 1. The zero-order valence-electron chi connectivity index (χ0n) is 12.7. The SMILES string of the molecule is O=C(O)CC1CN(C(=O)Cc2ccc3c(c2)OCCO3)CCO1. The van der Waals surface area contributed by atoms with Crippen molar-refractivity contribution in [2.24, 2.45) is 0 Å². The number of carbonyl (C=O) groups is 2. The Morgan fingerprint density at radius 3 is 2.74 bits per heavy atom. The maximum Gasteiger partial charge on any atom is 0.306 e. The molecule has 124 valence electrons. The van der Waals surface area contributed by atoms with Crippen LogP contribution in [0.5, 0.6) is 11.5 Å². The van der Waals surface area contributed by atoms with Gasteiger partial charge in [-0.25, -0.2) is 0 Å². The van der Waals surface area contributed by atoms with Gasteiger partial charge < -0.3 is 24.2 Å². The zero-order valence-corrected chi connectivity index (χ0v) is 12.7. The van der Waals surface area contributed by atoms with Gasteiger partial charge in [0.15, 0.2) is 11.5 Å². The molecule has 1 unspecified atom stereocenters. The summed E-state index contributed by atoms with van der Waals surface area (Å²) in [5.41, 5.74) is 0.848. The first-order chi connectivity index (χ1) is 11.1. The normalized spacial score (nSPS) is 20.2. The van der Waals surface area contributed by atoms with Crippen molar-refractivity contribution in [1.29, 1.82) is 0 Å². The smallest absolute Gasteiger partial charge is 0.306 e. The van der Waals surface area contributed by atoms with Crippen molar-refractivity contribution in [3.63, 3.8) is 0 Å². The van der Waals surface area contributed by atoms with Gasteiger partial charge in [0.1, 0.15) is 13.2 Å². The van der Waals surface area contributed by atoms with Crippen molar-refractivity contribution in [2.45, 2.75) is 18.9 Å². The predicted octanol–water partition coefficient (Wildman–Crippen LogP) is 0.702. The van der Waals surface area contributed by atoms with Gasteiger partial charge in [-0.2, -0.15) is 0 Å². The van der Waals surface area contributed by atoms with Gasteiger partial charge in [0, 0.05) is 13.1 Å². The fraction of sp³-hybridized carbons (Fsp3) is 0.500. The highest BCUT2D eigenvalue weighted by Gasteiger charge is 2.26. The number of rotatable bonds is 4. The molecule has 2 aliphatic heterocycles. The topological polar surface area (TPSA) is 85.3 Å². The molecule has 3 rings (SSSR count).